The largest absolute Gasteiger partial charge is 0.505 e. The minimum atomic E-state index is -5.24. The van der Waals surface area contributed by atoms with Crippen molar-refractivity contribution in [2.75, 3.05) is 83.7 Å². The van der Waals surface area contributed by atoms with E-state index in [9.17, 15) is 88.0 Å². The Bertz CT molecular complexity index is 5580. The van der Waals surface area contributed by atoms with E-state index in [0.29, 0.717) is 0 Å². The fourth-order valence-electron chi connectivity index (χ4n) is 10.6. The van der Waals surface area contributed by atoms with Gasteiger partial charge in [-0.25, -0.2) is 0 Å². The molecule has 2 aliphatic rings. The van der Waals surface area contributed by atoms with Crippen molar-refractivity contribution >= 4 is 176 Å². The molecule has 2 aromatic heterocycles. The van der Waals surface area contributed by atoms with Crippen molar-refractivity contribution in [1.29, 1.82) is 0 Å². The van der Waals surface area contributed by atoms with Crippen LogP contribution in [0.15, 0.2) is 183 Å². The first-order valence-corrected chi connectivity index (χ1v) is 38.4. The third kappa shape index (κ3) is 16.7. The number of rotatable bonds is 22. The molecular formula is C60H52N16O22S6. The average molecular weight is 1540 g/mol. The van der Waals surface area contributed by atoms with Crippen LogP contribution in [0.5, 0.6) is 11.5 Å². The summed E-state index contributed by atoms with van der Waals surface area (Å²) < 4.78 is 228. The molecule has 10 aromatic rings. The maximum Gasteiger partial charge on any atom is 0.296 e. The van der Waals surface area contributed by atoms with Gasteiger partial charge in [0.25, 0.3) is 60.7 Å². The fraction of sp³-hybridized carbons (Fsp3) is 0.133. The van der Waals surface area contributed by atoms with E-state index >= 15 is 0 Å². The Hall–Kier alpha value is -11.0. The molecule has 540 valence electrons. The van der Waals surface area contributed by atoms with Crippen molar-refractivity contribution in [2.24, 2.45) is 20.5 Å². The van der Waals surface area contributed by atoms with Gasteiger partial charge in [-0.2, -0.15) is 90.6 Å². The summed E-state index contributed by atoms with van der Waals surface area (Å²) in [6.45, 7) is 1.58. The molecule has 0 radical (unpaired) electrons. The first-order chi connectivity index (χ1) is 49.1. The number of anilines is 10. The van der Waals surface area contributed by atoms with Gasteiger partial charge in [-0.05, 0) is 107 Å². The van der Waals surface area contributed by atoms with Crippen LogP contribution in [-0.4, -0.2) is 171 Å². The normalized spacial score (nSPS) is 14.4. The maximum atomic E-state index is 13.2. The van der Waals surface area contributed by atoms with E-state index in [1.807, 2.05) is 0 Å². The highest BCUT2D eigenvalue weighted by atomic mass is 32.2. The Morgan fingerprint density at radius 1 is 0.375 bits per heavy atom. The fourth-order valence-corrected chi connectivity index (χ4v) is 14.4. The van der Waals surface area contributed by atoms with Gasteiger partial charge in [0, 0.05) is 48.3 Å². The van der Waals surface area contributed by atoms with Gasteiger partial charge in [-0.3, -0.25) is 27.3 Å². The Morgan fingerprint density at radius 3 is 1.04 bits per heavy atom. The molecule has 0 unspecified atom stereocenters. The van der Waals surface area contributed by atoms with Crippen LogP contribution >= 0.6 is 0 Å². The second kappa shape index (κ2) is 28.7. The van der Waals surface area contributed by atoms with Gasteiger partial charge >= 0.3 is 0 Å². The van der Waals surface area contributed by atoms with Crippen LogP contribution in [0.2, 0.25) is 0 Å². The third-order valence-electron chi connectivity index (χ3n) is 15.3. The molecule has 0 amide bonds. The van der Waals surface area contributed by atoms with E-state index in [4.69, 9.17) is 9.47 Å². The lowest BCUT2D eigenvalue weighted by Crippen LogP contribution is -2.37. The average Bonchev–Trinajstić information content (AvgIpc) is 0.750. The minimum absolute atomic E-state index is 0.0728. The molecule has 0 aliphatic carbocycles. The number of hydrogen-bond donors (Lipinski definition) is 12. The second-order valence-corrected chi connectivity index (χ2v) is 30.7. The van der Waals surface area contributed by atoms with E-state index in [-0.39, 0.29) is 132 Å². The highest BCUT2D eigenvalue weighted by molar-refractivity contribution is 7.87. The number of benzene rings is 8. The highest BCUT2D eigenvalue weighted by Crippen LogP contribution is 2.48. The topological polar surface area (TPSA) is 567 Å². The number of nitrogens with one attached hydrogen (secondary N) is 4. The van der Waals surface area contributed by atoms with Crippen molar-refractivity contribution in [1.82, 2.24) is 29.9 Å². The quantitative estimate of drug-likeness (QED) is 0.0171. The van der Waals surface area contributed by atoms with E-state index < -0.39 is 136 Å². The summed E-state index contributed by atoms with van der Waals surface area (Å²) in [5.41, 5.74) is -2.82. The molecule has 38 nitrogen and oxygen atoms in total. The van der Waals surface area contributed by atoms with Gasteiger partial charge < -0.3 is 50.8 Å². The van der Waals surface area contributed by atoms with Gasteiger partial charge in [-0.1, -0.05) is 60.7 Å². The first kappa shape index (κ1) is 72.8. The SMILES string of the molecule is O=S(=O)(O)c1cc(Nc2nc(Nc3ccc(/C=C/c4ccc(Nc5nc(Nc6cc(S(=O)(=O)O)cc7cc(S(=O)(=O)O)c(N=Nc8ccccc8)c(O)c67)nc(N6CCOCC6)n5)cc4S(=O)(=O)O)c(S(=O)(=O)O)c3)nc(N3CCOCC3)n2)c2c(O)c(N=Nc3ccccc3)c(S(=O)(=O)O)cc2c1. The van der Waals surface area contributed by atoms with Crippen molar-refractivity contribution in [2.45, 2.75) is 29.4 Å². The molecule has 4 heterocycles. The number of ether oxygens (including phenoxy) is 2. The zero-order valence-corrected chi connectivity index (χ0v) is 57.5. The lowest BCUT2D eigenvalue weighted by atomic mass is 10.1. The Labute approximate surface area is 589 Å². The van der Waals surface area contributed by atoms with Gasteiger partial charge in [0.1, 0.15) is 31.0 Å². The number of azo groups is 2. The monoisotopic (exact) mass is 1540 g/mol. The smallest absolute Gasteiger partial charge is 0.296 e. The lowest BCUT2D eigenvalue weighted by molar-refractivity contribution is 0.122. The summed E-state index contributed by atoms with van der Waals surface area (Å²) in [5.74, 6) is -3.65. The number of aromatic hydroxyl groups is 2. The second-order valence-electron chi connectivity index (χ2n) is 22.3. The van der Waals surface area contributed by atoms with Crippen molar-refractivity contribution in [3.63, 3.8) is 0 Å². The summed E-state index contributed by atoms with van der Waals surface area (Å²) in [6.07, 6.45) is 2.16. The van der Waals surface area contributed by atoms with Crippen molar-refractivity contribution in [3.8, 4) is 11.5 Å². The predicted octanol–water partition coefficient (Wildman–Crippen LogP) is 8.90. The molecule has 0 saturated carbocycles. The molecule has 8 aromatic carbocycles. The van der Waals surface area contributed by atoms with Crippen LogP contribution in [0.1, 0.15) is 11.1 Å². The van der Waals surface area contributed by atoms with Crippen molar-refractivity contribution in [3.05, 3.63) is 145 Å². The standard InChI is InChI=1S/C60H52N16O22S6/c77-53-49-35(27-47(103(91,92)93)51(53)73-71-37-7-3-1-4-8-37)25-41(99(79,80)81)31-43(49)63-57-65-55(67-59(69-57)75-17-21-97-22-18-75)61-39-15-13-33(45(29-39)101(85,86)87)11-12-34-14-16-40(30-46(34)102(88,89)90)62-56-66-58(70-60(68-56)76-19-23-98-24-20-76)64-44-32-42(100(82,83)84)26-36-28-48(104(94,95)96)52(54(78)50(36)44)74-72-38-9-5-2-6-10-38/h1-16,25-32,77-78H,17-24H2,(H,79,80,81)(H,82,83,84)(H,85,86,87)(H,88,89,90)(H,91,92,93)(H,94,95,96)(H2,61,63,65,67,69)(H2,62,64,66,68,70)/b12-11+,73-71?,74-72?. The summed E-state index contributed by atoms with van der Waals surface area (Å²) in [5, 5.41) is 49.0. The summed E-state index contributed by atoms with van der Waals surface area (Å²) >= 11 is 0. The molecular weight excluding hydrogens is 1490 g/mol. The number of aromatic nitrogens is 6. The molecule has 0 bridgehead atoms. The number of nitrogens with zero attached hydrogens (tertiary/aromatic N) is 12. The Balaban J connectivity index is 0.875. The van der Waals surface area contributed by atoms with Gasteiger partial charge in [0.2, 0.25) is 35.7 Å². The molecule has 0 spiro atoms. The summed E-state index contributed by atoms with van der Waals surface area (Å²) in [7, 11) is -31.1. The van der Waals surface area contributed by atoms with E-state index in [2.05, 4.69) is 71.6 Å². The molecule has 2 fully saturated rings. The maximum absolute atomic E-state index is 13.2. The zero-order valence-electron chi connectivity index (χ0n) is 52.6. The molecule has 12 rings (SSSR count). The molecule has 104 heavy (non-hydrogen) atoms. The first-order valence-electron chi connectivity index (χ1n) is 29.8. The van der Waals surface area contributed by atoms with Crippen LogP contribution in [0, 0.1) is 0 Å². The number of phenolic OH excluding ortho intramolecular Hbond substituents is 2. The van der Waals surface area contributed by atoms with Crippen LogP contribution in [0.3, 0.4) is 0 Å². The Morgan fingerprint density at radius 2 is 0.712 bits per heavy atom. The number of hydrogen-bond acceptors (Lipinski definition) is 32. The number of fused-ring (bicyclic) bond motifs is 2. The van der Waals surface area contributed by atoms with Crippen LogP contribution < -0.4 is 31.1 Å². The zero-order chi connectivity index (χ0) is 74.3. The lowest BCUT2D eigenvalue weighted by Gasteiger charge is -2.27. The van der Waals surface area contributed by atoms with Crippen molar-refractivity contribution < 1.29 is 97.5 Å². The van der Waals surface area contributed by atoms with Gasteiger partial charge in [0.05, 0.1) is 59.0 Å². The predicted molar refractivity (Wildman–Crippen MR) is 372 cm³/mol. The van der Waals surface area contributed by atoms with Gasteiger partial charge in [-0.15, -0.1) is 10.2 Å². The molecule has 2 saturated heterocycles. The molecule has 2 aliphatic heterocycles. The minimum Gasteiger partial charge on any atom is -0.505 e. The van der Waals surface area contributed by atoms with Crippen LogP contribution in [0.25, 0.3) is 33.7 Å². The highest BCUT2D eigenvalue weighted by Gasteiger charge is 2.30. The van der Waals surface area contributed by atoms with E-state index in [1.165, 1.54) is 48.5 Å². The molecule has 12 N–H and O–H groups in total. The van der Waals surface area contributed by atoms with E-state index in [1.54, 1.807) is 46.2 Å². The number of phenols is 2. The summed E-state index contributed by atoms with van der Waals surface area (Å²) in [6, 6.07) is 27.2. The van der Waals surface area contributed by atoms with E-state index in [0.717, 1.165) is 60.7 Å². The molecule has 44 heteroatoms. The van der Waals surface area contributed by atoms with Crippen LogP contribution in [-0.2, 0) is 70.2 Å². The summed E-state index contributed by atoms with van der Waals surface area (Å²) in [4.78, 5) is 24.7. The molecule has 0 atom stereocenters. The van der Waals surface area contributed by atoms with Crippen LogP contribution in [0.4, 0.5) is 81.2 Å². The third-order valence-corrected chi connectivity index (χ3v) is 20.5. The Kier molecular flexibility index (Phi) is 20.1. The number of morpholine rings is 2. The van der Waals surface area contributed by atoms with Gasteiger partial charge in [0.15, 0.2) is 11.5 Å².